The monoisotopic (exact) mass is 309 g/mol. The molecule has 5 heteroatoms. The summed E-state index contributed by atoms with van der Waals surface area (Å²) >= 11 is 0. The fourth-order valence-electron chi connectivity index (χ4n) is 2.55. The lowest BCUT2D eigenvalue weighted by atomic mass is 9.99. The summed E-state index contributed by atoms with van der Waals surface area (Å²) in [6.07, 6.45) is 1.77. The van der Waals surface area contributed by atoms with Crippen LogP contribution in [-0.2, 0) is 21.1 Å². The number of hydrogen-bond acceptors (Lipinski definition) is 3. The summed E-state index contributed by atoms with van der Waals surface area (Å²) in [5, 5.41) is 2.98. The van der Waals surface area contributed by atoms with Gasteiger partial charge >= 0.3 is 0 Å². The molecule has 0 saturated carbocycles. The van der Waals surface area contributed by atoms with Crippen molar-refractivity contribution in [2.75, 3.05) is 11.5 Å². The smallest absolute Gasteiger partial charge is 0.223 e. The molecule has 1 aliphatic heterocycles. The molecule has 2 rings (SSSR count). The Balaban J connectivity index is 1.84. The molecule has 1 fully saturated rings. The Morgan fingerprint density at radius 3 is 2.38 bits per heavy atom. The van der Waals surface area contributed by atoms with E-state index < -0.39 is 9.84 Å². The minimum atomic E-state index is -2.88. The lowest BCUT2D eigenvalue weighted by Gasteiger charge is -2.24. The number of sulfone groups is 1. The van der Waals surface area contributed by atoms with Crippen molar-refractivity contribution >= 4 is 15.7 Å². The Morgan fingerprint density at radius 2 is 1.81 bits per heavy atom. The van der Waals surface area contributed by atoms with E-state index in [9.17, 15) is 13.2 Å². The van der Waals surface area contributed by atoms with Crippen molar-refractivity contribution in [1.82, 2.24) is 5.32 Å². The number of amides is 1. The van der Waals surface area contributed by atoms with Gasteiger partial charge < -0.3 is 5.32 Å². The van der Waals surface area contributed by atoms with Gasteiger partial charge in [-0.1, -0.05) is 36.8 Å². The molecule has 1 aromatic rings. The fourth-order valence-corrected chi connectivity index (χ4v) is 4.04. The molecule has 0 aliphatic carbocycles. The molecule has 0 radical (unpaired) electrons. The second-order valence-corrected chi connectivity index (χ2v) is 8.33. The molecule has 1 amide bonds. The molecule has 116 valence electrons. The van der Waals surface area contributed by atoms with Crippen LogP contribution in [0.5, 0.6) is 0 Å². The SMILES string of the molecule is Cc1ccc(C[C@@H](C)C(=O)NC2CCS(=O)(=O)CC2)cc1. The molecule has 0 unspecified atom stereocenters. The Hall–Kier alpha value is -1.36. The highest BCUT2D eigenvalue weighted by molar-refractivity contribution is 7.91. The van der Waals surface area contributed by atoms with Gasteiger partial charge in [0.1, 0.15) is 9.84 Å². The third-order valence-electron chi connectivity index (χ3n) is 4.01. The van der Waals surface area contributed by atoms with Crippen molar-refractivity contribution in [3.63, 3.8) is 0 Å². The van der Waals surface area contributed by atoms with E-state index >= 15 is 0 Å². The predicted molar refractivity (Wildman–Crippen MR) is 83.9 cm³/mol. The van der Waals surface area contributed by atoms with E-state index in [1.807, 2.05) is 38.1 Å². The molecule has 0 spiro atoms. The maximum absolute atomic E-state index is 12.2. The molecular formula is C16H23NO3S. The summed E-state index contributed by atoms with van der Waals surface area (Å²) in [4.78, 5) is 12.2. The van der Waals surface area contributed by atoms with Crippen LogP contribution in [0, 0.1) is 12.8 Å². The van der Waals surface area contributed by atoms with Crippen LogP contribution in [0.3, 0.4) is 0 Å². The van der Waals surface area contributed by atoms with Crippen molar-refractivity contribution < 1.29 is 13.2 Å². The number of rotatable bonds is 4. The first-order chi connectivity index (χ1) is 9.85. The lowest BCUT2D eigenvalue weighted by Crippen LogP contribution is -2.43. The molecule has 4 nitrogen and oxygen atoms in total. The Kier molecular flexibility index (Phi) is 5.04. The predicted octanol–water partition coefficient (Wildman–Crippen LogP) is 1.87. The highest BCUT2D eigenvalue weighted by Crippen LogP contribution is 2.14. The quantitative estimate of drug-likeness (QED) is 0.923. The van der Waals surface area contributed by atoms with Crippen LogP contribution in [-0.4, -0.2) is 31.9 Å². The van der Waals surface area contributed by atoms with Crippen LogP contribution in [0.25, 0.3) is 0 Å². The highest BCUT2D eigenvalue weighted by Gasteiger charge is 2.25. The van der Waals surface area contributed by atoms with Gasteiger partial charge in [-0.25, -0.2) is 8.42 Å². The molecule has 21 heavy (non-hydrogen) atoms. The second kappa shape index (κ2) is 6.60. The lowest BCUT2D eigenvalue weighted by molar-refractivity contribution is -0.125. The molecule has 1 aromatic carbocycles. The number of hydrogen-bond donors (Lipinski definition) is 1. The van der Waals surface area contributed by atoms with Gasteiger partial charge in [-0.2, -0.15) is 0 Å². The summed E-state index contributed by atoms with van der Waals surface area (Å²) in [6, 6.07) is 8.19. The maximum Gasteiger partial charge on any atom is 0.223 e. The van der Waals surface area contributed by atoms with E-state index in [4.69, 9.17) is 0 Å². The summed E-state index contributed by atoms with van der Waals surface area (Å²) in [5.74, 6) is 0.278. The van der Waals surface area contributed by atoms with Gasteiger partial charge in [-0.15, -0.1) is 0 Å². The minimum absolute atomic E-state index is 0.00138. The van der Waals surface area contributed by atoms with Crippen LogP contribution in [0.15, 0.2) is 24.3 Å². The van der Waals surface area contributed by atoms with Gasteiger partial charge in [-0.05, 0) is 31.7 Å². The molecule has 1 saturated heterocycles. The van der Waals surface area contributed by atoms with Crippen LogP contribution >= 0.6 is 0 Å². The second-order valence-electron chi connectivity index (χ2n) is 6.03. The molecule has 1 heterocycles. The van der Waals surface area contributed by atoms with Gasteiger partial charge in [0.05, 0.1) is 11.5 Å². The van der Waals surface area contributed by atoms with Gasteiger partial charge in [0.2, 0.25) is 5.91 Å². The van der Waals surface area contributed by atoms with E-state index in [0.717, 1.165) is 5.56 Å². The van der Waals surface area contributed by atoms with Crippen molar-refractivity contribution in [3.05, 3.63) is 35.4 Å². The van der Waals surface area contributed by atoms with Crippen LogP contribution in [0.4, 0.5) is 0 Å². The first-order valence-corrected chi connectivity index (χ1v) is 9.24. The normalized spacial score (nSPS) is 19.9. The molecule has 1 N–H and O–H groups in total. The fraction of sp³-hybridized carbons (Fsp3) is 0.562. The molecular weight excluding hydrogens is 286 g/mol. The first-order valence-electron chi connectivity index (χ1n) is 7.42. The maximum atomic E-state index is 12.2. The van der Waals surface area contributed by atoms with E-state index in [2.05, 4.69) is 5.32 Å². The zero-order valence-corrected chi connectivity index (χ0v) is 13.4. The average molecular weight is 309 g/mol. The van der Waals surface area contributed by atoms with Gasteiger partial charge in [0, 0.05) is 12.0 Å². The molecule has 0 aromatic heterocycles. The largest absolute Gasteiger partial charge is 0.353 e. The van der Waals surface area contributed by atoms with Crippen molar-refractivity contribution in [2.45, 2.75) is 39.2 Å². The van der Waals surface area contributed by atoms with Crippen molar-refractivity contribution in [1.29, 1.82) is 0 Å². The third kappa shape index (κ3) is 4.84. The zero-order valence-electron chi connectivity index (χ0n) is 12.6. The number of aryl methyl sites for hydroxylation is 1. The summed E-state index contributed by atoms with van der Waals surface area (Å²) < 4.78 is 22.7. The van der Waals surface area contributed by atoms with Crippen LogP contribution < -0.4 is 5.32 Å². The van der Waals surface area contributed by atoms with Crippen LogP contribution in [0.1, 0.15) is 30.9 Å². The Bertz CT molecular complexity index is 578. The van der Waals surface area contributed by atoms with Crippen LogP contribution in [0.2, 0.25) is 0 Å². The summed E-state index contributed by atoms with van der Waals surface area (Å²) in [5.41, 5.74) is 2.36. The topological polar surface area (TPSA) is 63.2 Å². The minimum Gasteiger partial charge on any atom is -0.353 e. The summed E-state index contributed by atoms with van der Waals surface area (Å²) in [7, 11) is -2.88. The van der Waals surface area contributed by atoms with Crippen molar-refractivity contribution in [3.8, 4) is 0 Å². The van der Waals surface area contributed by atoms with E-state index in [1.165, 1.54) is 5.56 Å². The number of nitrogens with one attached hydrogen (secondary N) is 1. The average Bonchev–Trinajstić information content (AvgIpc) is 2.43. The molecule has 0 bridgehead atoms. The van der Waals surface area contributed by atoms with E-state index in [0.29, 0.717) is 19.3 Å². The molecule has 1 aliphatic rings. The number of carbonyl (C=O) groups is 1. The number of benzene rings is 1. The van der Waals surface area contributed by atoms with E-state index in [-0.39, 0.29) is 29.4 Å². The van der Waals surface area contributed by atoms with Gasteiger partial charge in [-0.3, -0.25) is 4.79 Å². The zero-order chi connectivity index (χ0) is 15.5. The number of carbonyl (C=O) groups excluding carboxylic acids is 1. The van der Waals surface area contributed by atoms with Gasteiger partial charge in [0.25, 0.3) is 0 Å². The Labute approximate surface area is 126 Å². The standard InChI is InChI=1S/C16H23NO3S/c1-12-3-5-14(6-4-12)11-13(2)16(18)17-15-7-9-21(19,20)10-8-15/h3-6,13,15H,7-11H2,1-2H3,(H,17,18)/t13-/m1/s1. The molecule has 1 atom stereocenters. The van der Waals surface area contributed by atoms with E-state index in [1.54, 1.807) is 0 Å². The first kappa shape index (κ1) is 16.0. The summed E-state index contributed by atoms with van der Waals surface area (Å²) in [6.45, 7) is 3.95. The van der Waals surface area contributed by atoms with Crippen molar-refractivity contribution in [2.24, 2.45) is 5.92 Å². The Morgan fingerprint density at radius 1 is 1.24 bits per heavy atom. The highest BCUT2D eigenvalue weighted by atomic mass is 32.2. The van der Waals surface area contributed by atoms with Gasteiger partial charge in [0.15, 0.2) is 0 Å². The third-order valence-corrected chi connectivity index (χ3v) is 5.73.